The van der Waals surface area contributed by atoms with E-state index in [1.165, 1.54) is 0 Å². The highest BCUT2D eigenvalue weighted by atomic mass is 31.2. The van der Waals surface area contributed by atoms with E-state index in [4.69, 9.17) is 17.6 Å². The number of nitrogens with one attached hydrogen (secondary N) is 1. The number of hydrogen-bond acceptors (Lipinski definition) is 2. The Morgan fingerprint density at radius 3 is 2.40 bits per heavy atom. The molecule has 10 heavy (non-hydrogen) atoms. The second-order valence-corrected chi connectivity index (χ2v) is 3.70. The van der Waals surface area contributed by atoms with Crippen molar-refractivity contribution in [2.75, 3.05) is 19.3 Å². The van der Waals surface area contributed by atoms with Crippen molar-refractivity contribution in [3.05, 3.63) is 0 Å². The van der Waals surface area contributed by atoms with Gasteiger partial charge < -0.3 is 15.1 Å². The van der Waals surface area contributed by atoms with Crippen molar-refractivity contribution in [2.45, 2.75) is 6.32 Å². The molecule has 0 rings (SSSR count). The summed E-state index contributed by atoms with van der Waals surface area (Å²) in [5.74, 6) is 0. The summed E-state index contributed by atoms with van der Waals surface area (Å²) in [4.78, 5) is 16.7. The molecule has 0 aliphatic rings. The van der Waals surface area contributed by atoms with E-state index in [2.05, 4.69) is 5.32 Å². The summed E-state index contributed by atoms with van der Waals surface area (Å²) < 4.78 is 10.2. The average Bonchev–Trinajstić information content (AvgIpc) is 1.78. The Hall–Kier alpha value is 0.175. The number of hydrogen-bond donors (Lipinski definition) is 3. The van der Waals surface area contributed by atoms with Crippen LogP contribution in [0.3, 0.4) is 0 Å². The Morgan fingerprint density at radius 1 is 1.40 bits per heavy atom. The maximum atomic E-state index is 10.2. The van der Waals surface area contributed by atoms with E-state index in [0.717, 1.165) is 0 Å². The average molecular weight is 163 g/mol. The molecule has 0 spiro atoms. The minimum absolute atomic E-state index is 0.118. The normalized spacial score (nSPS) is 11.8. The fraction of sp³-hybridized carbons (Fsp3) is 1.00. The molecule has 0 saturated heterocycles. The molecule has 0 bridgehead atoms. The monoisotopic (exact) mass is 163 g/mol. The van der Waals surface area contributed by atoms with E-state index in [1.54, 1.807) is 0 Å². The lowest BCUT2D eigenvalue weighted by molar-refractivity contribution is 0.372. The van der Waals surface area contributed by atoms with Crippen LogP contribution in [0, 0.1) is 0 Å². The third-order valence-corrected chi connectivity index (χ3v) is 1.71. The molecule has 0 aliphatic carbocycles. The molecular weight excluding hydrogens is 152 g/mol. The lowest BCUT2D eigenvalue weighted by atomic mass is 10.1. The van der Waals surface area contributed by atoms with Crippen LogP contribution < -0.4 is 5.32 Å². The molecule has 4 nitrogen and oxygen atoms in total. The van der Waals surface area contributed by atoms with Gasteiger partial charge in [-0.1, -0.05) is 6.32 Å². The van der Waals surface area contributed by atoms with Gasteiger partial charge in [0.05, 0.1) is 14.0 Å². The maximum Gasteiger partial charge on any atom is 0.326 e. The van der Waals surface area contributed by atoms with Crippen molar-refractivity contribution < 1.29 is 14.4 Å². The van der Waals surface area contributed by atoms with Gasteiger partial charge in [0, 0.05) is 6.54 Å². The Labute approximate surface area is 61.6 Å². The zero-order valence-electron chi connectivity index (χ0n) is 5.66. The molecule has 0 heterocycles. The first kappa shape index (κ1) is 10.2. The summed E-state index contributed by atoms with van der Waals surface area (Å²) in [7, 11) is 1.31. The van der Waals surface area contributed by atoms with E-state index in [9.17, 15) is 4.57 Å². The van der Waals surface area contributed by atoms with Gasteiger partial charge in [-0.2, -0.15) is 0 Å². The lowest BCUT2D eigenvalue weighted by Crippen LogP contribution is -2.19. The van der Waals surface area contributed by atoms with Crippen molar-refractivity contribution >= 4 is 15.4 Å². The summed E-state index contributed by atoms with van der Waals surface area (Å²) in [6, 6.07) is 0. The molecule has 0 aromatic rings. The molecule has 6 heteroatoms. The Bertz CT molecular complexity index is 126. The van der Waals surface area contributed by atoms with Crippen LogP contribution in [0.25, 0.3) is 0 Å². The minimum Gasteiger partial charge on any atom is -0.324 e. The zero-order valence-corrected chi connectivity index (χ0v) is 6.55. The molecule has 0 amide bonds. The van der Waals surface area contributed by atoms with Gasteiger partial charge in [-0.15, -0.1) is 0 Å². The summed E-state index contributed by atoms with van der Waals surface area (Å²) in [6.45, 7) is 0.918. The van der Waals surface area contributed by atoms with Gasteiger partial charge in [-0.05, 0) is 6.54 Å². The second-order valence-electron chi connectivity index (χ2n) is 1.93. The first-order chi connectivity index (χ1) is 4.56. The first-order valence-corrected chi connectivity index (χ1v) is 4.81. The van der Waals surface area contributed by atoms with E-state index >= 15 is 0 Å². The van der Waals surface area contributed by atoms with Gasteiger partial charge >= 0.3 is 7.60 Å². The predicted molar refractivity (Wildman–Crippen MR) is 40.3 cm³/mol. The van der Waals surface area contributed by atoms with Gasteiger partial charge in [-0.3, -0.25) is 4.57 Å². The van der Waals surface area contributed by atoms with E-state index in [0.29, 0.717) is 19.4 Å². The fourth-order valence-corrected chi connectivity index (χ4v) is 0.901. The minimum atomic E-state index is -3.81. The van der Waals surface area contributed by atoms with Crippen LogP contribution in [-0.2, 0) is 4.57 Å². The summed E-state index contributed by atoms with van der Waals surface area (Å²) in [5, 5.41) is 2.77. The first-order valence-electron chi connectivity index (χ1n) is 3.01. The van der Waals surface area contributed by atoms with Crippen molar-refractivity contribution in [3.8, 4) is 0 Å². The fourth-order valence-electron chi connectivity index (χ4n) is 0.452. The van der Waals surface area contributed by atoms with Crippen molar-refractivity contribution in [3.63, 3.8) is 0 Å². The molecule has 0 fully saturated rings. The van der Waals surface area contributed by atoms with Crippen LogP contribution in [0.2, 0.25) is 6.32 Å². The Balaban J connectivity index is 3.13. The van der Waals surface area contributed by atoms with Crippen LogP contribution in [0.15, 0.2) is 0 Å². The molecule has 0 atom stereocenters. The highest BCUT2D eigenvalue weighted by molar-refractivity contribution is 7.51. The third kappa shape index (κ3) is 8.17. The summed E-state index contributed by atoms with van der Waals surface area (Å²) in [5.41, 5.74) is 0. The third-order valence-electron chi connectivity index (χ3n) is 0.901. The van der Waals surface area contributed by atoms with Crippen LogP contribution in [0.4, 0.5) is 0 Å². The van der Waals surface area contributed by atoms with Crippen molar-refractivity contribution in [2.24, 2.45) is 0 Å². The highest BCUT2D eigenvalue weighted by Crippen LogP contribution is 2.32. The second kappa shape index (κ2) is 4.91. The van der Waals surface area contributed by atoms with Gasteiger partial charge in [0.15, 0.2) is 0 Å². The van der Waals surface area contributed by atoms with Gasteiger partial charge in [0.25, 0.3) is 0 Å². The smallest absolute Gasteiger partial charge is 0.324 e. The van der Waals surface area contributed by atoms with Crippen LogP contribution in [0.5, 0.6) is 0 Å². The number of rotatable bonds is 5. The maximum absolute atomic E-state index is 10.2. The lowest BCUT2D eigenvalue weighted by Gasteiger charge is -2.03. The summed E-state index contributed by atoms with van der Waals surface area (Å²) in [6.07, 6.45) is 0.369. The molecule has 0 unspecified atom stereocenters. The van der Waals surface area contributed by atoms with Crippen molar-refractivity contribution in [1.82, 2.24) is 5.32 Å². The molecule has 0 saturated carbocycles. The Morgan fingerprint density at radius 2 is 2.00 bits per heavy atom. The zero-order chi connectivity index (χ0) is 8.04. The van der Waals surface area contributed by atoms with Crippen LogP contribution in [0.1, 0.15) is 0 Å². The molecule has 58 valence electrons. The molecule has 3 N–H and O–H groups in total. The van der Waals surface area contributed by atoms with E-state index in [1.807, 2.05) is 0 Å². The van der Waals surface area contributed by atoms with Crippen LogP contribution >= 0.6 is 7.60 Å². The largest absolute Gasteiger partial charge is 0.326 e. The van der Waals surface area contributed by atoms with Crippen molar-refractivity contribution in [1.29, 1.82) is 0 Å². The van der Waals surface area contributed by atoms with Gasteiger partial charge in [0.1, 0.15) is 0 Å². The highest BCUT2D eigenvalue weighted by Gasteiger charge is 2.10. The van der Waals surface area contributed by atoms with E-state index < -0.39 is 7.60 Å². The molecular formula is C4H11BNO3P. The molecule has 0 aromatic heterocycles. The summed E-state index contributed by atoms with van der Waals surface area (Å²) >= 11 is 0. The van der Waals surface area contributed by atoms with E-state index in [-0.39, 0.29) is 6.16 Å². The topological polar surface area (TPSA) is 69.6 Å². The molecule has 0 aromatic carbocycles. The molecule has 0 aliphatic heterocycles. The van der Waals surface area contributed by atoms with Gasteiger partial charge in [0.2, 0.25) is 0 Å². The quantitative estimate of drug-likeness (QED) is 0.286. The molecule has 2 radical (unpaired) electrons. The Kier molecular flexibility index (Phi) is 5.00. The van der Waals surface area contributed by atoms with Crippen LogP contribution in [-0.4, -0.2) is 36.9 Å². The SMILES string of the molecule is [B]CCNCCP(=O)(O)O. The van der Waals surface area contributed by atoms with Gasteiger partial charge in [-0.25, -0.2) is 0 Å². The predicted octanol–water partition coefficient (Wildman–Crippen LogP) is -0.659. The standard InChI is InChI=1S/C4H11BNO3P/c5-1-2-6-3-4-10(7,8)9/h6H,1-4H2,(H2,7,8,9).